The van der Waals surface area contributed by atoms with Crippen molar-refractivity contribution in [3.8, 4) is 44.8 Å². The molecule has 2 N–H and O–H groups in total. The first-order chi connectivity index (χ1) is 28.3. The second kappa shape index (κ2) is 11.7. The fourth-order valence-corrected chi connectivity index (χ4v) is 9.70. The van der Waals surface area contributed by atoms with Crippen molar-refractivity contribution in [2.75, 3.05) is 0 Å². The zero-order valence-corrected chi connectivity index (χ0v) is 30.6. The summed E-state index contributed by atoms with van der Waals surface area (Å²) >= 11 is 0. The molecule has 0 aliphatic carbocycles. The van der Waals surface area contributed by atoms with Crippen molar-refractivity contribution in [3.63, 3.8) is 0 Å². The van der Waals surface area contributed by atoms with E-state index in [2.05, 4.69) is 94.1 Å². The molecule has 4 heterocycles. The highest BCUT2D eigenvalue weighted by Crippen LogP contribution is 2.42. The van der Waals surface area contributed by atoms with E-state index in [1.54, 1.807) is 24.3 Å². The first-order valence-electron chi connectivity index (χ1n) is 19.1. The normalized spacial score (nSPS) is 12.5. The van der Waals surface area contributed by atoms with E-state index in [0.717, 1.165) is 88.4 Å². The van der Waals surface area contributed by atoms with Crippen LogP contribution in [-0.4, -0.2) is 38.0 Å². The van der Waals surface area contributed by atoms with E-state index < -0.39 is 11.9 Å². The smallest absolute Gasteiger partial charge is 0.335 e. The molecular weight excluding hydrogens is 722 g/mol. The Morgan fingerprint density at radius 1 is 0.448 bits per heavy atom. The third-order valence-electron chi connectivity index (χ3n) is 12.3. The Labute approximate surface area is 330 Å². The number of rotatable bonds is 5. The summed E-state index contributed by atoms with van der Waals surface area (Å²) in [6.07, 6.45) is 0. The fourth-order valence-electron chi connectivity index (χ4n) is 9.70. The van der Waals surface area contributed by atoms with E-state index in [9.17, 15) is 24.2 Å². The van der Waals surface area contributed by atoms with E-state index in [1.807, 2.05) is 36.4 Å². The lowest BCUT2D eigenvalue weighted by atomic mass is 9.34. The van der Waals surface area contributed by atoms with Gasteiger partial charge in [-0.2, -0.15) is 0 Å². The average Bonchev–Trinajstić information content (AvgIpc) is 3.77. The molecule has 0 radical (unpaired) electrons. The van der Waals surface area contributed by atoms with Crippen molar-refractivity contribution in [2.24, 2.45) is 0 Å². The van der Waals surface area contributed by atoms with Crippen LogP contribution in [0.1, 0.15) is 20.7 Å². The molecule has 0 spiro atoms. The molecule has 2 aromatic heterocycles. The van der Waals surface area contributed by atoms with Gasteiger partial charge in [-0.05, 0) is 123 Å². The maximum atomic E-state index is 14.3. The molecule has 0 amide bonds. The third kappa shape index (κ3) is 4.42. The SMILES string of the molecule is O=C(O)c1ccc(-c2ccc3c(c2)c2cccc4c2n3-c2cc(-c3ccc(F)cc3)cc3c2B4c2cccc4c5cc(-c6ccc(C(=O)O)cc6)ccc5n-3c24)cc1. The number of aromatic carboxylic acids is 2. The van der Waals surface area contributed by atoms with Crippen LogP contribution >= 0.6 is 0 Å². The van der Waals surface area contributed by atoms with Crippen LogP contribution in [0.4, 0.5) is 4.39 Å². The Balaban J connectivity index is 1.15. The highest BCUT2D eigenvalue weighted by atomic mass is 19.1. The summed E-state index contributed by atoms with van der Waals surface area (Å²) in [6, 6.07) is 51.4. The molecule has 0 saturated carbocycles. The second-order valence-corrected chi connectivity index (χ2v) is 15.3. The summed E-state index contributed by atoms with van der Waals surface area (Å²) in [5.74, 6) is -2.19. The van der Waals surface area contributed by atoms with Crippen molar-refractivity contribution in [2.45, 2.75) is 0 Å². The maximum Gasteiger partial charge on any atom is 0.335 e. The van der Waals surface area contributed by atoms with Gasteiger partial charge in [-0.3, -0.25) is 0 Å². The molecule has 2 aliphatic rings. The van der Waals surface area contributed by atoms with Gasteiger partial charge in [-0.25, -0.2) is 14.0 Å². The van der Waals surface area contributed by atoms with E-state index in [4.69, 9.17) is 0 Å². The Kier molecular flexibility index (Phi) is 6.54. The van der Waals surface area contributed by atoms with Gasteiger partial charge in [0.2, 0.25) is 0 Å². The van der Waals surface area contributed by atoms with Crippen molar-refractivity contribution in [3.05, 3.63) is 175 Å². The fraction of sp³-hybridized carbons (Fsp3) is 0. The largest absolute Gasteiger partial charge is 0.478 e. The number of carbonyl (C=O) groups is 2. The quantitative estimate of drug-likeness (QED) is 0.172. The van der Waals surface area contributed by atoms with Crippen LogP contribution in [0.2, 0.25) is 0 Å². The van der Waals surface area contributed by atoms with Crippen LogP contribution < -0.4 is 16.4 Å². The molecule has 12 rings (SSSR count). The van der Waals surface area contributed by atoms with Crippen LogP contribution in [0.5, 0.6) is 0 Å². The van der Waals surface area contributed by atoms with Crippen molar-refractivity contribution in [1.29, 1.82) is 0 Å². The topological polar surface area (TPSA) is 84.5 Å². The molecule has 2 aliphatic heterocycles. The van der Waals surface area contributed by atoms with E-state index in [1.165, 1.54) is 28.5 Å². The maximum absolute atomic E-state index is 14.3. The van der Waals surface area contributed by atoms with E-state index in [-0.39, 0.29) is 23.7 Å². The summed E-state index contributed by atoms with van der Waals surface area (Å²) < 4.78 is 19.1. The molecule has 58 heavy (non-hydrogen) atoms. The average molecular weight is 751 g/mol. The molecule has 0 atom stereocenters. The van der Waals surface area contributed by atoms with Crippen molar-refractivity contribution < 1.29 is 24.2 Å². The van der Waals surface area contributed by atoms with E-state index in [0.29, 0.717) is 0 Å². The van der Waals surface area contributed by atoms with Crippen LogP contribution in [0.15, 0.2) is 158 Å². The molecule has 10 aromatic rings. The summed E-state index contributed by atoms with van der Waals surface area (Å²) in [5.41, 5.74) is 16.4. The van der Waals surface area contributed by atoms with Crippen LogP contribution in [0.25, 0.3) is 88.4 Å². The first-order valence-corrected chi connectivity index (χ1v) is 19.1. The molecule has 272 valence electrons. The van der Waals surface area contributed by atoms with Gasteiger partial charge in [0.05, 0.1) is 22.2 Å². The summed E-state index contributed by atoms with van der Waals surface area (Å²) in [4.78, 5) is 23.2. The summed E-state index contributed by atoms with van der Waals surface area (Å²) in [5, 5.41) is 23.5. The number of carboxylic acid groups (broad SMARTS) is 2. The Morgan fingerprint density at radius 3 is 1.31 bits per heavy atom. The van der Waals surface area contributed by atoms with Gasteiger partial charge < -0.3 is 19.3 Å². The number of nitrogens with zero attached hydrogens (tertiary/aromatic N) is 2. The lowest BCUT2D eigenvalue weighted by Crippen LogP contribution is -2.59. The van der Waals surface area contributed by atoms with Crippen molar-refractivity contribution in [1.82, 2.24) is 9.13 Å². The predicted molar refractivity (Wildman–Crippen MR) is 230 cm³/mol. The number of halogens is 1. The van der Waals surface area contributed by atoms with Gasteiger partial charge in [-0.1, -0.05) is 84.9 Å². The van der Waals surface area contributed by atoms with Gasteiger partial charge in [0.25, 0.3) is 6.71 Å². The highest BCUT2D eigenvalue weighted by Gasteiger charge is 2.41. The van der Waals surface area contributed by atoms with E-state index >= 15 is 0 Å². The number of hydrogen-bond acceptors (Lipinski definition) is 2. The number of fused-ring (bicyclic) bond motifs is 10. The monoisotopic (exact) mass is 750 g/mol. The minimum absolute atomic E-state index is 0.0700. The van der Waals surface area contributed by atoms with Crippen LogP contribution in [0, 0.1) is 5.82 Å². The molecule has 0 unspecified atom stereocenters. The van der Waals surface area contributed by atoms with Crippen LogP contribution in [-0.2, 0) is 0 Å². The number of carboxylic acids is 2. The first kappa shape index (κ1) is 32.5. The number of para-hydroxylation sites is 2. The van der Waals surface area contributed by atoms with Crippen LogP contribution in [0.3, 0.4) is 0 Å². The van der Waals surface area contributed by atoms with Gasteiger partial charge in [-0.15, -0.1) is 0 Å². The van der Waals surface area contributed by atoms with Gasteiger partial charge >= 0.3 is 11.9 Å². The minimum Gasteiger partial charge on any atom is -0.478 e. The zero-order valence-electron chi connectivity index (χ0n) is 30.6. The summed E-state index contributed by atoms with van der Waals surface area (Å²) in [7, 11) is 0. The Bertz CT molecular complexity index is 3250. The highest BCUT2D eigenvalue weighted by molar-refractivity contribution is 7.00. The molecule has 8 heteroatoms. The molecule has 8 aromatic carbocycles. The molecular formula is C50H28BFN2O4. The number of hydrogen-bond donors (Lipinski definition) is 2. The predicted octanol–water partition coefficient (Wildman–Crippen LogP) is 9.56. The molecule has 6 nitrogen and oxygen atoms in total. The second-order valence-electron chi connectivity index (χ2n) is 15.3. The Morgan fingerprint density at radius 2 is 0.862 bits per heavy atom. The molecule has 0 fully saturated rings. The standard InChI is InChI=1S/C50H28BFN2O4/c52-35-19-15-29(16-20-35)34-25-44-46-45(26-34)54-43-22-18-33(28-9-13-31(14-10-28)50(57)58)24-39(43)37-4-2-6-41(48(37)54)51(46)40-5-1-3-36-38-23-32(17-21-42(38)53(44)47(36)40)27-7-11-30(12-8-27)49(55)56/h1-26H,(H,55,56)(H,57,58). The lowest BCUT2D eigenvalue weighted by molar-refractivity contribution is 0.0686. The third-order valence-corrected chi connectivity index (χ3v) is 12.3. The lowest BCUT2D eigenvalue weighted by Gasteiger charge is -2.34. The summed E-state index contributed by atoms with van der Waals surface area (Å²) in [6.45, 7) is -0.0700. The minimum atomic E-state index is -0.953. The van der Waals surface area contributed by atoms with Gasteiger partial charge in [0.15, 0.2) is 0 Å². The van der Waals surface area contributed by atoms with Gasteiger partial charge in [0.1, 0.15) is 5.82 Å². The molecule has 0 saturated heterocycles. The zero-order chi connectivity index (χ0) is 39.0. The Hall–Kier alpha value is -7.71. The number of aromatic nitrogens is 2. The van der Waals surface area contributed by atoms with Gasteiger partial charge in [0, 0.05) is 44.0 Å². The van der Waals surface area contributed by atoms with Crippen molar-refractivity contribution >= 4 is 78.7 Å². The number of benzene rings is 8. The molecule has 0 bridgehead atoms.